The fourth-order valence-corrected chi connectivity index (χ4v) is 3.21. The molecule has 1 N–H and O–H groups in total. The summed E-state index contributed by atoms with van der Waals surface area (Å²) in [6.45, 7) is 1.49. The van der Waals surface area contributed by atoms with Crippen LogP contribution in [0.25, 0.3) is 22.5 Å². The Balaban J connectivity index is 1.84. The van der Waals surface area contributed by atoms with Crippen LogP contribution in [0.4, 0.5) is 5.69 Å². The molecule has 134 valence electrons. The number of hydrogen-bond donors (Lipinski definition) is 1. The number of imidazole rings is 1. The molecule has 1 aromatic heterocycles. The average Bonchev–Trinajstić information content (AvgIpc) is 3.08. The van der Waals surface area contributed by atoms with Crippen molar-refractivity contribution < 1.29 is 14.2 Å². The lowest BCUT2D eigenvalue weighted by Gasteiger charge is -2.20. The van der Waals surface area contributed by atoms with Crippen LogP contribution in [0.2, 0.25) is 0 Å². The van der Waals surface area contributed by atoms with Gasteiger partial charge < -0.3 is 24.1 Å². The van der Waals surface area contributed by atoms with Gasteiger partial charge >= 0.3 is 0 Å². The van der Waals surface area contributed by atoms with Gasteiger partial charge in [-0.3, -0.25) is 0 Å². The Hall–Kier alpha value is -3.15. The molecule has 1 aliphatic heterocycles. The molecule has 4 rings (SSSR count). The molecule has 26 heavy (non-hydrogen) atoms. The predicted octanol–water partition coefficient (Wildman–Crippen LogP) is 3.58. The molecule has 0 spiro atoms. The van der Waals surface area contributed by atoms with E-state index in [4.69, 9.17) is 14.2 Å². The van der Waals surface area contributed by atoms with Gasteiger partial charge in [0.2, 0.25) is 0 Å². The second kappa shape index (κ2) is 6.63. The van der Waals surface area contributed by atoms with Gasteiger partial charge in [-0.25, -0.2) is 4.98 Å². The third-order valence-electron chi connectivity index (χ3n) is 4.49. The van der Waals surface area contributed by atoms with E-state index in [0.717, 1.165) is 52.0 Å². The zero-order valence-corrected chi connectivity index (χ0v) is 15.1. The maximum atomic E-state index is 5.68. The van der Waals surface area contributed by atoms with Gasteiger partial charge in [0.15, 0.2) is 0 Å². The SMILES string of the molecule is COc1cc(OC)cc(-c2ncn(C)c2-c2ccc3c(c2)NCCO3)c1. The number of aryl methyl sites for hydroxylation is 1. The summed E-state index contributed by atoms with van der Waals surface area (Å²) < 4.78 is 18.5. The highest BCUT2D eigenvalue weighted by molar-refractivity contribution is 5.82. The number of benzene rings is 2. The van der Waals surface area contributed by atoms with Crippen molar-refractivity contribution in [3.05, 3.63) is 42.7 Å². The van der Waals surface area contributed by atoms with E-state index in [1.54, 1.807) is 14.2 Å². The maximum absolute atomic E-state index is 5.68. The Bertz CT molecular complexity index is 927. The first-order chi connectivity index (χ1) is 12.7. The monoisotopic (exact) mass is 351 g/mol. The van der Waals surface area contributed by atoms with Gasteiger partial charge in [0, 0.05) is 30.8 Å². The van der Waals surface area contributed by atoms with Crippen molar-refractivity contribution in [2.75, 3.05) is 32.7 Å². The van der Waals surface area contributed by atoms with Crippen molar-refractivity contribution in [2.45, 2.75) is 0 Å². The molecule has 0 aliphatic carbocycles. The van der Waals surface area contributed by atoms with Gasteiger partial charge in [-0.2, -0.15) is 0 Å². The highest BCUT2D eigenvalue weighted by Crippen LogP contribution is 2.38. The standard InChI is InChI=1S/C20H21N3O3/c1-23-12-22-19(14-8-15(24-2)11-16(9-14)25-3)20(23)13-4-5-18-17(10-13)21-6-7-26-18/h4-5,8-12,21H,6-7H2,1-3H3. The Morgan fingerprint density at radius 1 is 1.04 bits per heavy atom. The summed E-state index contributed by atoms with van der Waals surface area (Å²) >= 11 is 0. The third-order valence-corrected chi connectivity index (χ3v) is 4.49. The lowest BCUT2D eigenvalue weighted by molar-refractivity contribution is 0.323. The molecule has 6 nitrogen and oxygen atoms in total. The molecule has 3 aromatic rings. The predicted molar refractivity (Wildman–Crippen MR) is 101 cm³/mol. The van der Waals surface area contributed by atoms with Crippen LogP contribution in [0.3, 0.4) is 0 Å². The molecule has 0 fully saturated rings. The number of nitrogens with one attached hydrogen (secondary N) is 1. The third kappa shape index (κ3) is 2.83. The lowest BCUT2D eigenvalue weighted by Crippen LogP contribution is -2.17. The topological polar surface area (TPSA) is 57.5 Å². The number of anilines is 1. The van der Waals surface area contributed by atoms with E-state index in [2.05, 4.69) is 22.4 Å². The second-order valence-electron chi connectivity index (χ2n) is 6.14. The quantitative estimate of drug-likeness (QED) is 0.779. The summed E-state index contributed by atoms with van der Waals surface area (Å²) in [4.78, 5) is 4.63. The molecule has 0 saturated carbocycles. The van der Waals surface area contributed by atoms with E-state index in [-0.39, 0.29) is 0 Å². The van der Waals surface area contributed by atoms with Crippen LogP contribution in [0.1, 0.15) is 0 Å². The first-order valence-corrected chi connectivity index (χ1v) is 8.45. The van der Waals surface area contributed by atoms with E-state index in [1.807, 2.05) is 42.2 Å². The number of aromatic nitrogens is 2. The van der Waals surface area contributed by atoms with Crippen LogP contribution in [-0.4, -0.2) is 36.9 Å². The van der Waals surface area contributed by atoms with Crippen LogP contribution in [0, 0.1) is 0 Å². The van der Waals surface area contributed by atoms with E-state index in [9.17, 15) is 0 Å². The minimum absolute atomic E-state index is 0.687. The van der Waals surface area contributed by atoms with Crippen LogP contribution >= 0.6 is 0 Å². The first kappa shape index (κ1) is 16.3. The lowest BCUT2D eigenvalue weighted by atomic mass is 10.0. The molecule has 0 unspecified atom stereocenters. The molecule has 0 radical (unpaired) electrons. The van der Waals surface area contributed by atoms with Gasteiger partial charge in [0.25, 0.3) is 0 Å². The van der Waals surface area contributed by atoms with Crippen LogP contribution in [0.15, 0.2) is 42.7 Å². The Morgan fingerprint density at radius 2 is 1.81 bits per heavy atom. The van der Waals surface area contributed by atoms with Gasteiger partial charge in [-0.05, 0) is 30.3 Å². The van der Waals surface area contributed by atoms with Crippen molar-refractivity contribution in [3.8, 4) is 39.8 Å². The van der Waals surface area contributed by atoms with E-state index in [1.165, 1.54) is 0 Å². The highest BCUT2D eigenvalue weighted by atomic mass is 16.5. The summed E-state index contributed by atoms with van der Waals surface area (Å²) in [5, 5.41) is 3.39. The molecule has 0 atom stereocenters. The minimum Gasteiger partial charge on any atom is -0.497 e. The average molecular weight is 351 g/mol. The van der Waals surface area contributed by atoms with Crippen molar-refractivity contribution in [2.24, 2.45) is 7.05 Å². The summed E-state index contributed by atoms with van der Waals surface area (Å²) in [5.41, 5.74) is 4.92. The fourth-order valence-electron chi connectivity index (χ4n) is 3.21. The maximum Gasteiger partial charge on any atom is 0.142 e. The normalized spacial score (nSPS) is 12.7. The summed E-state index contributed by atoms with van der Waals surface area (Å²) in [5.74, 6) is 2.35. The van der Waals surface area contributed by atoms with Gasteiger partial charge in [-0.1, -0.05) is 0 Å². The molecule has 1 aliphatic rings. The van der Waals surface area contributed by atoms with Gasteiger partial charge in [-0.15, -0.1) is 0 Å². The van der Waals surface area contributed by atoms with Gasteiger partial charge in [0.1, 0.15) is 23.9 Å². The second-order valence-corrected chi connectivity index (χ2v) is 6.14. The zero-order valence-electron chi connectivity index (χ0n) is 15.1. The van der Waals surface area contributed by atoms with Crippen LogP contribution < -0.4 is 19.5 Å². The Morgan fingerprint density at radius 3 is 2.54 bits per heavy atom. The van der Waals surface area contributed by atoms with Crippen molar-refractivity contribution in [1.29, 1.82) is 0 Å². The Labute approximate surface area is 152 Å². The molecule has 0 bridgehead atoms. The highest BCUT2D eigenvalue weighted by Gasteiger charge is 2.18. The number of rotatable bonds is 4. The molecular weight excluding hydrogens is 330 g/mol. The number of hydrogen-bond acceptors (Lipinski definition) is 5. The summed E-state index contributed by atoms with van der Waals surface area (Å²) in [6.07, 6.45) is 1.82. The summed E-state index contributed by atoms with van der Waals surface area (Å²) in [6, 6.07) is 11.9. The molecule has 6 heteroatoms. The number of nitrogens with zero attached hydrogens (tertiary/aromatic N) is 2. The minimum atomic E-state index is 0.687. The number of fused-ring (bicyclic) bond motifs is 1. The Kier molecular flexibility index (Phi) is 4.16. The molecule has 2 aromatic carbocycles. The zero-order chi connectivity index (χ0) is 18.1. The first-order valence-electron chi connectivity index (χ1n) is 8.45. The van der Waals surface area contributed by atoms with Crippen molar-refractivity contribution >= 4 is 5.69 Å². The molecule has 0 amide bonds. The number of ether oxygens (including phenoxy) is 3. The van der Waals surface area contributed by atoms with Crippen molar-refractivity contribution in [1.82, 2.24) is 9.55 Å². The molecule has 2 heterocycles. The van der Waals surface area contributed by atoms with E-state index in [0.29, 0.717) is 6.61 Å². The molecular formula is C20H21N3O3. The molecule has 0 saturated heterocycles. The van der Waals surface area contributed by atoms with Gasteiger partial charge in [0.05, 0.1) is 37.6 Å². The smallest absolute Gasteiger partial charge is 0.142 e. The van der Waals surface area contributed by atoms with Crippen LogP contribution in [0.5, 0.6) is 17.2 Å². The van der Waals surface area contributed by atoms with E-state index < -0.39 is 0 Å². The van der Waals surface area contributed by atoms with Crippen LogP contribution in [-0.2, 0) is 7.05 Å². The van der Waals surface area contributed by atoms with E-state index >= 15 is 0 Å². The summed E-state index contributed by atoms with van der Waals surface area (Å²) in [7, 11) is 5.28. The fraction of sp³-hybridized carbons (Fsp3) is 0.250. The number of methoxy groups -OCH3 is 2. The largest absolute Gasteiger partial charge is 0.497 e. The van der Waals surface area contributed by atoms with Crippen molar-refractivity contribution in [3.63, 3.8) is 0 Å².